The van der Waals surface area contributed by atoms with Crippen molar-refractivity contribution in [1.82, 2.24) is 14.9 Å². The van der Waals surface area contributed by atoms with Crippen LogP contribution in [0.2, 0.25) is 10.0 Å². The number of nitrogens with zero attached hydrogens (tertiary/aromatic N) is 3. The number of pyridine rings is 1. The van der Waals surface area contributed by atoms with Crippen LogP contribution in [0.25, 0.3) is 0 Å². The number of phenolic OH excluding ortho intramolecular Hbond substituents is 1. The number of ether oxygens (including phenoxy) is 2. The molecule has 3 aromatic rings. The molecule has 11 nitrogen and oxygen atoms in total. The van der Waals surface area contributed by atoms with E-state index < -0.39 is 80.8 Å². The number of benzene rings is 2. The topological polar surface area (TPSA) is 138 Å². The van der Waals surface area contributed by atoms with E-state index in [0.717, 1.165) is 0 Å². The molecule has 2 N–H and O–H groups in total. The average Bonchev–Trinajstić information content (AvgIpc) is 3.49. The smallest absolute Gasteiger partial charge is 0.417 e. The Balaban J connectivity index is 1.49. The van der Waals surface area contributed by atoms with Crippen molar-refractivity contribution in [2.75, 3.05) is 19.6 Å². The van der Waals surface area contributed by atoms with Gasteiger partial charge in [0, 0.05) is 40.4 Å². The van der Waals surface area contributed by atoms with Crippen LogP contribution >= 0.6 is 23.2 Å². The summed E-state index contributed by atoms with van der Waals surface area (Å²) in [4.78, 5) is 63.5. The van der Waals surface area contributed by atoms with Gasteiger partial charge in [0.1, 0.15) is 17.2 Å². The Hall–Kier alpha value is -4.82. The van der Waals surface area contributed by atoms with Crippen LogP contribution in [-0.4, -0.2) is 63.4 Å². The van der Waals surface area contributed by atoms with E-state index in [1.165, 1.54) is 31.3 Å². The molecule has 4 aliphatic rings. The number of aromatic hydroxyl groups is 1. The molecule has 1 saturated carbocycles. The van der Waals surface area contributed by atoms with Crippen LogP contribution in [0.3, 0.4) is 0 Å². The number of hydrazine groups is 1. The second kappa shape index (κ2) is 12.9. The molecule has 0 bridgehead atoms. The van der Waals surface area contributed by atoms with Crippen molar-refractivity contribution >= 4 is 52.6 Å². The molecule has 4 amide bonds. The Morgan fingerprint density at radius 3 is 2.22 bits per heavy atom. The summed E-state index contributed by atoms with van der Waals surface area (Å²) in [5.74, 6) is -7.66. The van der Waals surface area contributed by atoms with Gasteiger partial charge in [-0.15, -0.1) is 0 Å². The molecule has 2 aliphatic heterocycles. The fourth-order valence-corrected chi connectivity index (χ4v) is 9.26. The third-order valence-electron chi connectivity index (χ3n) is 11.1. The number of rotatable bonds is 6. The summed E-state index contributed by atoms with van der Waals surface area (Å²) in [5.41, 5.74) is -0.311. The predicted octanol–water partition coefficient (Wildman–Crippen LogP) is 6.91. The summed E-state index contributed by atoms with van der Waals surface area (Å²) in [6, 6.07) is 9.75. The van der Waals surface area contributed by atoms with Crippen molar-refractivity contribution in [2.24, 2.45) is 23.7 Å². The first-order chi connectivity index (χ1) is 25.4. The molecule has 284 valence electrons. The van der Waals surface area contributed by atoms with Crippen molar-refractivity contribution in [3.8, 4) is 17.2 Å². The zero-order valence-corrected chi connectivity index (χ0v) is 31.1. The largest absolute Gasteiger partial charge is 0.507 e. The number of carbonyl (C=O) groups excluding carboxylic acids is 4. The number of fused-ring (bicyclic) bond motifs is 4. The van der Waals surface area contributed by atoms with Crippen molar-refractivity contribution in [3.05, 3.63) is 87.0 Å². The normalized spacial score (nSPS) is 26.7. The van der Waals surface area contributed by atoms with Gasteiger partial charge in [0.2, 0.25) is 11.8 Å². The molecule has 6 atom stereocenters. The van der Waals surface area contributed by atoms with Gasteiger partial charge >= 0.3 is 6.18 Å². The maximum atomic E-state index is 15.4. The highest BCUT2D eigenvalue weighted by Crippen LogP contribution is 2.66. The second-order valence-electron chi connectivity index (χ2n) is 14.9. The van der Waals surface area contributed by atoms with Gasteiger partial charge in [-0.3, -0.25) is 29.5 Å². The number of carbonyl (C=O) groups is 4. The number of amides is 4. The maximum absolute atomic E-state index is 15.4. The van der Waals surface area contributed by atoms with Crippen LogP contribution in [0.1, 0.15) is 56.2 Å². The number of hydrogen-bond acceptors (Lipinski definition) is 9. The first-order valence-electron chi connectivity index (χ1n) is 17.0. The van der Waals surface area contributed by atoms with Crippen LogP contribution in [0, 0.1) is 23.7 Å². The number of likely N-dealkylation sites (tertiary alicyclic amines) is 1. The lowest BCUT2D eigenvalue weighted by molar-refractivity contribution is -0.146. The zero-order chi connectivity index (χ0) is 39.2. The molecule has 1 aromatic heterocycles. The van der Waals surface area contributed by atoms with Gasteiger partial charge in [0.05, 0.1) is 48.0 Å². The number of allylic oxidation sites excluding steroid dienone is 2. The maximum Gasteiger partial charge on any atom is 0.417 e. The van der Waals surface area contributed by atoms with Crippen molar-refractivity contribution in [1.29, 1.82) is 0 Å². The van der Waals surface area contributed by atoms with Crippen LogP contribution in [0.4, 0.5) is 19.0 Å². The van der Waals surface area contributed by atoms with E-state index >= 15 is 4.79 Å². The molecule has 0 unspecified atom stereocenters. The summed E-state index contributed by atoms with van der Waals surface area (Å²) in [5, 5.41) is 12.3. The fraction of sp³-hybridized carbons (Fsp3) is 0.395. The van der Waals surface area contributed by atoms with Gasteiger partial charge < -0.3 is 14.6 Å². The minimum absolute atomic E-state index is 0.0840. The molecule has 0 spiro atoms. The van der Waals surface area contributed by atoms with E-state index in [1.807, 2.05) is 6.08 Å². The van der Waals surface area contributed by atoms with E-state index in [2.05, 4.69) is 10.4 Å². The highest BCUT2D eigenvalue weighted by atomic mass is 35.5. The Bertz CT molecular complexity index is 2140. The molecule has 7 rings (SSSR count). The van der Waals surface area contributed by atoms with Crippen LogP contribution in [0.15, 0.2) is 60.3 Å². The molecule has 3 heterocycles. The first-order valence-corrected chi connectivity index (χ1v) is 17.8. The van der Waals surface area contributed by atoms with Crippen LogP contribution in [-0.2, 0) is 30.8 Å². The quantitative estimate of drug-likeness (QED) is 0.202. The van der Waals surface area contributed by atoms with E-state index in [-0.39, 0.29) is 41.6 Å². The second-order valence-corrected chi connectivity index (χ2v) is 15.7. The molecule has 2 saturated heterocycles. The number of alkyl halides is 3. The molecule has 0 radical (unpaired) electrons. The number of nitrogens with one attached hydrogen (secondary N) is 1. The Morgan fingerprint density at radius 1 is 0.944 bits per heavy atom. The molecule has 2 aliphatic carbocycles. The summed E-state index contributed by atoms with van der Waals surface area (Å²) >= 11 is 12.6. The number of methoxy groups -OCH3 is 2. The van der Waals surface area contributed by atoms with Gasteiger partial charge in [-0.25, -0.2) is 4.98 Å². The molecular formula is C38H35Cl2F3N4O7. The SMILES string of the molecule is COc1cc(O)c([C@H]2C3=CC[C@@H]4C(=O)N(C(C)(C)C)C(=O)[C@@H]4[C@@H]3C[C@H]3C(=O)N(Nc4ncc(C(F)(F)F)cc4Cl)C(=O)[C@@]23c2ccc(Cl)cc2)c(OC)c1. The van der Waals surface area contributed by atoms with Gasteiger partial charge in [0.25, 0.3) is 11.8 Å². The lowest BCUT2D eigenvalue weighted by atomic mass is 9.49. The molecular weight excluding hydrogens is 752 g/mol. The third kappa shape index (κ3) is 5.51. The number of anilines is 1. The van der Waals surface area contributed by atoms with Crippen molar-refractivity contribution in [3.63, 3.8) is 0 Å². The van der Waals surface area contributed by atoms with Gasteiger partial charge in [-0.1, -0.05) is 47.0 Å². The van der Waals surface area contributed by atoms with Crippen molar-refractivity contribution in [2.45, 2.75) is 56.7 Å². The summed E-state index contributed by atoms with van der Waals surface area (Å²) in [6.07, 6.45) is -2.38. The van der Waals surface area contributed by atoms with Gasteiger partial charge in [-0.05, 0) is 63.3 Å². The van der Waals surface area contributed by atoms with Crippen LogP contribution in [0.5, 0.6) is 17.2 Å². The molecule has 16 heteroatoms. The van der Waals surface area contributed by atoms with E-state index in [9.17, 15) is 32.7 Å². The lowest BCUT2D eigenvalue weighted by Crippen LogP contribution is -2.53. The van der Waals surface area contributed by atoms with E-state index in [0.29, 0.717) is 33.4 Å². The standard InChI is InChI=1S/C38H35Cl2F3N4O7/c1-36(2,3)46-32(49)22-11-10-21-23(28(22)34(46)51)15-24-33(50)47(45-31-25(40)12-18(16-44-31)38(41,42)43)35(52)37(24,17-6-8-19(39)9-7-17)30(21)29-26(48)13-20(53-4)14-27(29)54-5/h6-10,12-14,16,22-24,28,30,48H,11,15H2,1-5H3,(H,44,45)/t22-,23+,24-,28-,30+,37+/m0/s1. The summed E-state index contributed by atoms with van der Waals surface area (Å²) < 4.78 is 51.7. The number of phenols is 1. The van der Waals surface area contributed by atoms with Gasteiger partial charge in [0.15, 0.2) is 5.82 Å². The predicted molar refractivity (Wildman–Crippen MR) is 190 cm³/mol. The van der Waals surface area contributed by atoms with E-state index in [1.54, 1.807) is 45.0 Å². The number of aromatic nitrogens is 1. The minimum atomic E-state index is -4.77. The first kappa shape index (κ1) is 37.5. The monoisotopic (exact) mass is 786 g/mol. The Morgan fingerprint density at radius 2 is 1.63 bits per heavy atom. The number of halogens is 5. The summed E-state index contributed by atoms with van der Waals surface area (Å²) in [7, 11) is 2.76. The fourth-order valence-electron chi connectivity index (χ4n) is 8.92. The highest BCUT2D eigenvalue weighted by molar-refractivity contribution is 6.33. The minimum Gasteiger partial charge on any atom is -0.507 e. The zero-order valence-electron chi connectivity index (χ0n) is 29.6. The van der Waals surface area contributed by atoms with Crippen molar-refractivity contribution < 1.29 is 46.9 Å². The molecule has 3 fully saturated rings. The lowest BCUT2D eigenvalue weighted by Gasteiger charge is -2.50. The summed E-state index contributed by atoms with van der Waals surface area (Å²) in [6.45, 7) is 5.27. The average molecular weight is 788 g/mol. The van der Waals surface area contributed by atoms with E-state index in [4.69, 9.17) is 32.7 Å². The Labute approximate surface area is 318 Å². The number of hydrogen-bond donors (Lipinski definition) is 2. The van der Waals surface area contributed by atoms with Gasteiger partial charge in [-0.2, -0.15) is 18.2 Å². The number of imide groups is 2. The Kier molecular flexibility index (Phi) is 8.96. The van der Waals surface area contributed by atoms with Crippen LogP contribution < -0.4 is 14.9 Å². The highest BCUT2D eigenvalue weighted by Gasteiger charge is 2.71. The third-order valence-corrected chi connectivity index (χ3v) is 11.6. The molecule has 54 heavy (non-hydrogen) atoms. The molecule has 2 aromatic carbocycles.